The molecular formula is C20H19BrN2O3. The lowest BCUT2D eigenvalue weighted by Crippen LogP contribution is -2.39. The fourth-order valence-corrected chi connectivity index (χ4v) is 3.10. The molecule has 1 aromatic heterocycles. The van der Waals surface area contributed by atoms with E-state index in [9.17, 15) is 9.59 Å². The first-order valence-corrected chi connectivity index (χ1v) is 9.03. The van der Waals surface area contributed by atoms with Crippen LogP contribution in [0.1, 0.15) is 29.1 Å². The largest absolute Gasteiger partial charge is 0.459 e. The maximum Gasteiger partial charge on any atom is 0.252 e. The van der Waals surface area contributed by atoms with Gasteiger partial charge in [-0.15, -0.1) is 0 Å². The van der Waals surface area contributed by atoms with E-state index in [0.717, 1.165) is 11.0 Å². The molecule has 3 aromatic rings. The number of rotatable bonds is 5. The second kappa shape index (κ2) is 7.74. The number of nitrogens with one attached hydrogen (secondary N) is 1. The molecule has 0 saturated carbocycles. The van der Waals surface area contributed by atoms with Gasteiger partial charge in [0.2, 0.25) is 5.91 Å². The molecule has 26 heavy (non-hydrogen) atoms. The Balaban J connectivity index is 1.63. The smallest absolute Gasteiger partial charge is 0.252 e. The zero-order valence-corrected chi connectivity index (χ0v) is 16.1. The molecule has 0 aliphatic heterocycles. The van der Waals surface area contributed by atoms with Crippen LogP contribution in [0.5, 0.6) is 0 Å². The fraction of sp³-hybridized carbons (Fsp3) is 0.200. The van der Waals surface area contributed by atoms with Crippen LogP contribution >= 0.6 is 15.9 Å². The van der Waals surface area contributed by atoms with Crippen LogP contribution in [-0.4, -0.2) is 30.3 Å². The molecule has 2 amide bonds. The summed E-state index contributed by atoms with van der Waals surface area (Å²) in [5.41, 5.74) is 1.28. The molecule has 0 radical (unpaired) electrons. The minimum atomic E-state index is -0.296. The van der Waals surface area contributed by atoms with E-state index in [4.69, 9.17) is 4.42 Å². The van der Waals surface area contributed by atoms with Crippen molar-refractivity contribution in [2.45, 2.75) is 13.0 Å². The number of amides is 2. The quantitative estimate of drug-likeness (QED) is 0.681. The van der Waals surface area contributed by atoms with Crippen LogP contribution in [0.3, 0.4) is 0 Å². The van der Waals surface area contributed by atoms with Gasteiger partial charge in [0, 0.05) is 16.9 Å². The maximum absolute atomic E-state index is 12.5. The molecule has 3 rings (SSSR count). The molecule has 0 fully saturated rings. The number of benzene rings is 2. The van der Waals surface area contributed by atoms with Gasteiger partial charge in [0.1, 0.15) is 11.3 Å². The normalized spacial score (nSPS) is 12.0. The summed E-state index contributed by atoms with van der Waals surface area (Å²) in [6.45, 7) is 1.81. The van der Waals surface area contributed by atoms with Crippen LogP contribution in [0.4, 0.5) is 0 Å². The van der Waals surface area contributed by atoms with Gasteiger partial charge in [0.05, 0.1) is 18.2 Å². The number of nitrogens with zero attached hydrogens (tertiary/aromatic N) is 1. The fourth-order valence-electron chi connectivity index (χ4n) is 2.64. The Hall–Kier alpha value is -2.60. The SMILES string of the molecule is C[C@@H](c1cc2ccccc2o1)N(C)C(=O)CNC(=O)c1ccccc1Br. The maximum atomic E-state index is 12.5. The first-order chi connectivity index (χ1) is 12.5. The number of furan rings is 1. The highest BCUT2D eigenvalue weighted by Crippen LogP contribution is 2.26. The van der Waals surface area contributed by atoms with Crippen molar-refractivity contribution >= 4 is 38.7 Å². The van der Waals surface area contributed by atoms with E-state index in [0.29, 0.717) is 15.8 Å². The van der Waals surface area contributed by atoms with Crippen molar-refractivity contribution in [2.24, 2.45) is 0 Å². The van der Waals surface area contributed by atoms with Crippen LogP contribution < -0.4 is 5.32 Å². The summed E-state index contributed by atoms with van der Waals surface area (Å²) in [6.07, 6.45) is 0. The van der Waals surface area contributed by atoms with E-state index in [1.807, 2.05) is 43.3 Å². The number of para-hydroxylation sites is 1. The van der Waals surface area contributed by atoms with Gasteiger partial charge >= 0.3 is 0 Å². The summed E-state index contributed by atoms with van der Waals surface area (Å²) in [7, 11) is 1.70. The Morgan fingerprint density at radius 1 is 1.15 bits per heavy atom. The predicted molar refractivity (Wildman–Crippen MR) is 104 cm³/mol. The molecule has 1 atom stereocenters. The van der Waals surface area contributed by atoms with Crippen LogP contribution in [-0.2, 0) is 4.79 Å². The van der Waals surface area contributed by atoms with Gasteiger partial charge in [-0.25, -0.2) is 0 Å². The molecule has 1 N–H and O–H groups in total. The van der Waals surface area contributed by atoms with Gasteiger partial charge in [-0.05, 0) is 47.1 Å². The van der Waals surface area contributed by atoms with Gasteiger partial charge in [-0.2, -0.15) is 0 Å². The number of likely N-dealkylation sites (N-methyl/N-ethyl adjacent to an activating group) is 1. The number of carbonyl (C=O) groups is 2. The topological polar surface area (TPSA) is 62.6 Å². The molecule has 6 heteroatoms. The molecule has 1 heterocycles. The van der Waals surface area contributed by atoms with Gasteiger partial charge in [-0.1, -0.05) is 30.3 Å². The molecule has 0 unspecified atom stereocenters. The lowest BCUT2D eigenvalue weighted by molar-refractivity contribution is -0.131. The highest BCUT2D eigenvalue weighted by atomic mass is 79.9. The Bertz CT molecular complexity index is 918. The minimum absolute atomic E-state index is 0.0821. The number of hydrogen-bond donors (Lipinski definition) is 1. The average molecular weight is 415 g/mol. The van der Waals surface area contributed by atoms with Crippen molar-refractivity contribution in [3.63, 3.8) is 0 Å². The summed E-state index contributed by atoms with van der Waals surface area (Å²) >= 11 is 3.33. The molecule has 2 aromatic carbocycles. The monoisotopic (exact) mass is 414 g/mol. The molecule has 134 valence electrons. The molecule has 5 nitrogen and oxygen atoms in total. The Labute approximate surface area is 160 Å². The average Bonchev–Trinajstić information content (AvgIpc) is 3.09. The van der Waals surface area contributed by atoms with Crippen molar-refractivity contribution in [1.82, 2.24) is 10.2 Å². The third-order valence-electron chi connectivity index (χ3n) is 4.35. The molecule has 0 aliphatic rings. The third kappa shape index (κ3) is 3.80. The van der Waals surface area contributed by atoms with Gasteiger partial charge < -0.3 is 14.6 Å². The summed E-state index contributed by atoms with van der Waals surface area (Å²) in [4.78, 5) is 26.2. The van der Waals surface area contributed by atoms with E-state index < -0.39 is 0 Å². The van der Waals surface area contributed by atoms with E-state index in [1.165, 1.54) is 0 Å². The standard InChI is InChI=1S/C20H19BrN2O3/c1-13(18-11-14-7-3-6-10-17(14)26-18)23(2)19(24)12-22-20(25)15-8-4-5-9-16(15)21/h3-11,13H,12H2,1-2H3,(H,22,25)/t13-/m0/s1. The lowest BCUT2D eigenvalue weighted by Gasteiger charge is -2.23. The van der Waals surface area contributed by atoms with Crippen LogP contribution in [0.25, 0.3) is 11.0 Å². The summed E-state index contributed by atoms with van der Waals surface area (Å²) in [5.74, 6) is 0.216. The van der Waals surface area contributed by atoms with Crippen LogP contribution in [0, 0.1) is 0 Å². The van der Waals surface area contributed by atoms with E-state index >= 15 is 0 Å². The number of carbonyl (C=O) groups excluding carboxylic acids is 2. The van der Waals surface area contributed by atoms with Crippen molar-refractivity contribution in [1.29, 1.82) is 0 Å². The summed E-state index contributed by atoms with van der Waals surface area (Å²) in [6, 6.07) is 16.5. The van der Waals surface area contributed by atoms with Gasteiger partial charge in [0.15, 0.2) is 0 Å². The van der Waals surface area contributed by atoms with E-state index in [-0.39, 0.29) is 24.4 Å². The Morgan fingerprint density at radius 2 is 1.85 bits per heavy atom. The number of halogens is 1. The minimum Gasteiger partial charge on any atom is -0.459 e. The zero-order valence-electron chi connectivity index (χ0n) is 14.5. The lowest BCUT2D eigenvalue weighted by atomic mass is 10.2. The molecule has 0 saturated heterocycles. The van der Waals surface area contributed by atoms with Crippen LogP contribution in [0.15, 0.2) is 63.5 Å². The molecule has 0 aliphatic carbocycles. The second-order valence-electron chi connectivity index (χ2n) is 6.03. The van der Waals surface area contributed by atoms with Crippen molar-refractivity contribution in [2.75, 3.05) is 13.6 Å². The van der Waals surface area contributed by atoms with Gasteiger partial charge in [-0.3, -0.25) is 9.59 Å². The third-order valence-corrected chi connectivity index (χ3v) is 5.04. The second-order valence-corrected chi connectivity index (χ2v) is 6.88. The number of fused-ring (bicyclic) bond motifs is 1. The van der Waals surface area contributed by atoms with Gasteiger partial charge in [0.25, 0.3) is 5.91 Å². The van der Waals surface area contributed by atoms with Crippen LogP contribution in [0.2, 0.25) is 0 Å². The first kappa shape index (κ1) is 18.2. The Kier molecular flexibility index (Phi) is 5.42. The Morgan fingerprint density at radius 3 is 2.58 bits per heavy atom. The predicted octanol–water partition coefficient (Wildman–Crippen LogP) is 4.14. The highest BCUT2D eigenvalue weighted by Gasteiger charge is 2.21. The number of hydrogen-bond acceptors (Lipinski definition) is 3. The molecule has 0 spiro atoms. The highest BCUT2D eigenvalue weighted by molar-refractivity contribution is 9.10. The van der Waals surface area contributed by atoms with E-state index in [1.54, 1.807) is 30.1 Å². The summed E-state index contributed by atoms with van der Waals surface area (Å²) < 4.78 is 6.51. The van der Waals surface area contributed by atoms with Crippen molar-refractivity contribution in [3.05, 3.63) is 70.4 Å². The van der Waals surface area contributed by atoms with E-state index in [2.05, 4.69) is 21.2 Å². The first-order valence-electron chi connectivity index (χ1n) is 8.24. The summed E-state index contributed by atoms with van der Waals surface area (Å²) in [5, 5.41) is 3.66. The molecular weight excluding hydrogens is 396 g/mol. The zero-order chi connectivity index (χ0) is 18.7. The van der Waals surface area contributed by atoms with Crippen molar-refractivity contribution in [3.8, 4) is 0 Å². The van der Waals surface area contributed by atoms with Crippen molar-refractivity contribution < 1.29 is 14.0 Å². The molecule has 0 bridgehead atoms.